The molecule has 1 atom stereocenters. The maximum atomic E-state index is 9.79. The molecule has 0 aliphatic rings. The van der Waals surface area contributed by atoms with Gasteiger partial charge in [-0.1, -0.05) is 19.1 Å². The first-order chi connectivity index (χ1) is 7.57. The Morgan fingerprint density at radius 3 is 2.88 bits per heavy atom. The van der Waals surface area contributed by atoms with E-state index in [-0.39, 0.29) is 0 Å². The predicted molar refractivity (Wildman–Crippen MR) is 63.8 cm³/mol. The molecule has 3 nitrogen and oxygen atoms in total. The Morgan fingerprint density at radius 1 is 1.50 bits per heavy atom. The first-order valence-electron chi connectivity index (χ1n) is 5.49. The van der Waals surface area contributed by atoms with E-state index >= 15 is 0 Å². The molecular formula is C13H18N2O. The first-order valence-corrected chi connectivity index (χ1v) is 5.49. The molecular weight excluding hydrogens is 200 g/mol. The van der Waals surface area contributed by atoms with Gasteiger partial charge in [0.25, 0.3) is 0 Å². The zero-order valence-electron chi connectivity index (χ0n) is 9.83. The van der Waals surface area contributed by atoms with Crippen LogP contribution in [0.4, 0.5) is 0 Å². The van der Waals surface area contributed by atoms with Crippen molar-refractivity contribution >= 4 is 0 Å². The van der Waals surface area contributed by atoms with E-state index in [2.05, 4.69) is 11.4 Å². The molecule has 0 heterocycles. The third-order valence-electron chi connectivity index (χ3n) is 2.65. The summed E-state index contributed by atoms with van der Waals surface area (Å²) in [6.45, 7) is 5.00. The topological polar surface area (TPSA) is 56.0 Å². The van der Waals surface area contributed by atoms with Gasteiger partial charge in [0.05, 0.1) is 17.2 Å². The highest BCUT2D eigenvalue weighted by atomic mass is 16.3. The van der Waals surface area contributed by atoms with E-state index in [4.69, 9.17) is 5.26 Å². The summed E-state index contributed by atoms with van der Waals surface area (Å²) in [6.07, 6.45) is 0.720. The Hall–Kier alpha value is -1.37. The third kappa shape index (κ3) is 4.01. The normalized spacial score (nSPS) is 14.1. The number of nitriles is 1. The van der Waals surface area contributed by atoms with Crippen molar-refractivity contribution in [3.05, 3.63) is 35.4 Å². The molecule has 0 amide bonds. The SMILES string of the molecule is CCC(C)(O)CNCc1cccc(C#N)c1. The van der Waals surface area contributed by atoms with Crippen molar-refractivity contribution in [2.75, 3.05) is 6.54 Å². The van der Waals surface area contributed by atoms with Gasteiger partial charge in [-0.25, -0.2) is 0 Å². The van der Waals surface area contributed by atoms with Crippen molar-refractivity contribution in [3.63, 3.8) is 0 Å². The fourth-order valence-electron chi connectivity index (χ4n) is 1.35. The van der Waals surface area contributed by atoms with Crippen LogP contribution in [0, 0.1) is 11.3 Å². The van der Waals surface area contributed by atoms with E-state index in [9.17, 15) is 5.11 Å². The Morgan fingerprint density at radius 2 is 2.25 bits per heavy atom. The highest BCUT2D eigenvalue weighted by Gasteiger charge is 2.16. The van der Waals surface area contributed by atoms with Crippen LogP contribution in [0.1, 0.15) is 31.4 Å². The van der Waals surface area contributed by atoms with Gasteiger partial charge in [-0.3, -0.25) is 0 Å². The quantitative estimate of drug-likeness (QED) is 0.792. The lowest BCUT2D eigenvalue weighted by molar-refractivity contribution is 0.0555. The average molecular weight is 218 g/mol. The van der Waals surface area contributed by atoms with E-state index in [0.29, 0.717) is 18.7 Å². The monoisotopic (exact) mass is 218 g/mol. The molecule has 1 rings (SSSR count). The lowest BCUT2D eigenvalue weighted by atomic mass is 10.0. The van der Waals surface area contributed by atoms with Crippen LogP contribution in [0.5, 0.6) is 0 Å². The van der Waals surface area contributed by atoms with Gasteiger partial charge in [-0.2, -0.15) is 5.26 Å². The summed E-state index contributed by atoms with van der Waals surface area (Å²) in [5.74, 6) is 0. The Kier molecular flexibility index (Phi) is 4.48. The zero-order valence-corrected chi connectivity index (χ0v) is 9.83. The second kappa shape index (κ2) is 5.64. The Labute approximate surface area is 96.7 Å². The number of hydrogen-bond acceptors (Lipinski definition) is 3. The van der Waals surface area contributed by atoms with Crippen LogP contribution in [-0.4, -0.2) is 17.3 Å². The molecule has 0 saturated heterocycles. The maximum absolute atomic E-state index is 9.79. The summed E-state index contributed by atoms with van der Waals surface area (Å²) in [5, 5.41) is 21.7. The number of aliphatic hydroxyl groups is 1. The summed E-state index contributed by atoms with van der Waals surface area (Å²) in [6, 6.07) is 9.58. The standard InChI is InChI=1S/C13H18N2O/c1-3-13(2,16)10-15-9-12-6-4-5-11(7-12)8-14/h4-7,15-16H,3,9-10H2,1-2H3. The minimum atomic E-state index is -0.660. The highest BCUT2D eigenvalue weighted by molar-refractivity contribution is 5.32. The Balaban J connectivity index is 2.46. The van der Waals surface area contributed by atoms with Crippen LogP contribution < -0.4 is 5.32 Å². The fourth-order valence-corrected chi connectivity index (χ4v) is 1.35. The number of benzene rings is 1. The van der Waals surface area contributed by atoms with E-state index in [1.807, 2.05) is 32.0 Å². The van der Waals surface area contributed by atoms with E-state index in [1.54, 1.807) is 6.07 Å². The molecule has 0 radical (unpaired) electrons. The molecule has 2 N–H and O–H groups in total. The van der Waals surface area contributed by atoms with Gasteiger partial charge in [0.15, 0.2) is 0 Å². The summed E-state index contributed by atoms with van der Waals surface area (Å²) in [4.78, 5) is 0. The van der Waals surface area contributed by atoms with Crippen LogP contribution in [0.3, 0.4) is 0 Å². The molecule has 0 bridgehead atoms. The number of nitrogens with zero attached hydrogens (tertiary/aromatic N) is 1. The van der Waals surface area contributed by atoms with Crippen LogP contribution in [0.2, 0.25) is 0 Å². The van der Waals surface area contributed by atoms with E-state index in [1.165, 1.54) is 0 Å². The second-order valence-electron chi connectivity index (χ2n) is 4.27. The molecule has 1 unspecified atom stereocenters. The molecule has 0 aliphatic heterocycles. The Bertz CT molecular complexity index is 380. The minimum absolute atomic E-state index is 0.556. The van der Waals surface area contributed by atoms with Gasteiger partial charge in [-0.05, 0) is 31.0 Å². The average Bonchev–Trinajstić information content (AvgIpc) is 2.29. The van der Waals surface area contributed by atoms with Crippen LogP contribution in [-0.2, 0) is 6.54 Å². The molecule has 0 aromatic heterocycles. The molecule has 86 valence electrons. The van der Waals surface area contributed by atoms with Gasteiger partial charge in [0, 0.05) is 13.1 Å². The smallest absolute Gasteiger partial charge is 0.0991 e. The van der Waals surface area contributed by atoms with E-state index < -0.39 is 5.60 Å². The van der Waals surface area contributed by atoms with Gasteiger partial charge in [-0.15, -0.1) is 0 Å². The fraction of sp³-hybridized carbons (Fsp3) is 0.462. The summed E-state index contributed by atoms with van der Waals surface area (Å²) >= 11 is 0. The van der Waals surface area contributed by atoms with Crippen LogP contribution in [0.15, 0.2) is 24.3 Å². The number of nitrogens with one attached hydrogen (secondary N) is 1. The number of rotatable bonds is 5. The molecule has 16 heavy (non-hydrogen) atoms. The first kappa shape index (κ1) is 12.7. The lowest BCUT2D eigenvalue weighted by Crippen LogP contribution is -2.36. The maximum Gasteiger partial charge on any atom is 0.0991 e. The lowest BCUT2D eigenvalue weighted by Gasteiger charge is -2.21. The van der Waals surface area contributed by atoms with E-state index in [0.717, 1.165) is 12.0 Å². The molecule has 0 fully saturated rings. The molecule has 3 heteroatoms. The summed E-state index contributed by atoms with van der Waals surface area (Å²) < 4.78 is 0. The summed E-state index contributed by atoms with van der Waals surface area (Å²) in [5.41, 5.74) is 1.07. The van der Waals surface area contributed by atoms with Gasteiger partial charge in [0.1, 0.15) is 0 Å². The zero-order chi connectivity index (χ0) is 12.0. The molecule has 1 aromatic rings. The number of hydrogen-bond donors (Lipinski definition) is 2. The van der Waals surface area contributed by atoms with Crippen molar-refractivity contribution in [3.8, 4) is 6.07 Å². The highest BCUT2D eigenvalue weighted by Crippen LogP contribution is 2.07. The largest absolute Gasteiger partial charge is 0.389 e. The van der Waals surface area contributed by atoms with Gasteiger partial charge in [0.2, 0.25) is 0 Å². The molecule has 0 spiro atoms. The molecule has 0 aliphatic carbocycles. The van der Waals surface area contributed by atoms with Crippen LogP contribution >= 0.6 is 0 Å². The van der Waals surface area contributed by atoms with Crippen LogP contribution in [0.25, 0.3) is 0 Å². The summed E-state index contributed by atoms with van der Waals surface area (Å²) in [7, 11) is 0. The van der Waals surface area contributed by atoms with Gasteiger partial charge >= 0.3 is 0 Å². The third-order valence-corrected chi connectivity index (χ3v) is 2.65. The van der Waals surface area contributed by atoms with Crippen molar-refractivity contribution in [2.45, 2.75) is 32.4 Å². The van der Waals surface area contributed by atoms with Crippen molar-refractivity contribution in [1.29, 1.82) is 5.26 Å². The van der Waals surface area contributed by atoms with Crippen molar-refractivity contribution in [2.24, 2.45) is 0 Å². The minimum Gasteiger partial charge on any atom is -0.389 e. The predicted octanol–water partition coefficient (Wildman–Crippen LogP) is 1.81. The molecule has 1 aromatic carbocycles. The van der Waals surface area contributed by atoms with Crippen molar-refractivity contribution in [1.82, 2.24) is 5.32 Å². The van der Waals surface area contributed by atoms with Crippen molar-refractivity contribution < 1.29 is 5.11 Å². The second-order valence-corrected chi connectivity index (χ2v) is 4.27. The van der Waals surface area contributed by atoms with Gasteiger partial charge < -0.3 is 10.4 Å². The molecule has 0 saturated carbocycles.